The summed E-state index contributed by atoms with van der Waals surface area (Å²) in [6.07, 6.45) is 1.68. The van der Waals surface area contributed by atoms with Crippen LogP contribution in [0.2, 0.25) is 0 Å². The lowest BCUT2D eigenvalue weighted by atomic mass is 10.1. The number of benzene rings is 2. The van der Waals surface area contributed by atoms with Gasteiger partial charge < -0.3 is 14.7 Å². The Bertz CT molecular complexity index is 1220. The van der Waals surface area contributed by atoms with E-state index >= 15 is 0 Å². The van der Waals surface area contributed by atoms with Crippen LogP contribution in [0.4, 0.5) is 0 Å². The Kier molecular flexibility index (Phi) is 3.91. The quantitative estimate of drug-likeness (QED) is 0.576. The molecule has 8 heteroatoms. The Balaban J connectivity index is 1.84. The summed E-state index contributed by atoms with van der Waals surface area (Å²) in [4.78, 5) is 22.5. The number of hydrogen-bond donors (Lipinski definition) is 2. The molecule has 0 bridgehead atoms. The summed E-state index contributed by atoms with van der Waals surface area (Å²) in [5, 5.41) is 0. The van der Waals surface area contributed by atoms with Crippen molar-refractivity contribution >= 4 is 32.9 Å². The molecule has 2 aromatic carbocycles. The zero-order valence-electron chi connectivity index (χ0n) is 14.6. The molecule has 0 saturated heterocycles. The lowest BCUT2D eigenvalue weighted by Crippen LogP contribution is -2.11. The number of rotatable bonds is 4. The van der Waals surface area contributed by atoms with Crippen molar-refractivity contribution in [2.75, 3.05) is 13.4 Å². The third kappa shape index (κ3) is 2.72. The number of H-pyrrole nitrogens is 2. The van der Waals surface area contributed by atoms with E-state index in [1.807, 2.05) is 30.3 Å². The lowest BCUT2D eigenvalue weighted by molar-refractivity contribution is 0.416. The summed E-state index contributed by atoms with van der Waals surface area (Å²) in [5.41, 5.74) is 4.77. The van der Waals surface area contributed by atoms with Gasteiger partial charge in [0, 0.05) is 29.9 Å². The van der Waals surface area contributed by atoms with Gasteiger partial charge in [0.1, 0.15) is 11.6 Å². The third-order valence-corrected chi connectivity index (χ3v) is 5.14. The van der Waals surface area contributed by atoms with Crippen molar-refractivity contribution in [1.82, 2.24) is 19.5 Å². The molecule has 4 rings (SSSR count). The second-order valence-electron chi connectivity index (χ2n) is 6.21. The molecule has 7 nitrogen and oxygen atoms in total. The van der Waals surface area contributed by atoms with Crippen molar-refractivity contribution in [3.8, 4) is 17.1 Å². The average Bonchev–Trinajstić information content (AvgIpc) is 3.13. The highest BCUT2D eigenvalue weighted by Crippen LogP contribution is 2.31. The first-order valence-electron chi connectivity index (χ1n) is 8.02. The Hall–Kier alpha value is -2.87. The molecule has 1 unspecified atom stereocenters. The largest absolute Gasteiger partial charge is 0.496 e. The number of hydrogen-bond acceptors (Lipinski definition) is 4. The van der Waals surface area contributed by atoms with Crippen LogP contribution in [0.5, 0.6) is 5.75 Å². The minimum Gasteiger partial charge on any atom is -0.496 e. The van der Waals surface area contributed by atoms with Gasteiger partial charge in [-0.05, 0) is 29.8 Å². The summed E-state index contributed by atoms with van der Waals surface area (Å²) in [7, 11) is 2.41. The first-order valence-corrected chi connectivity index (χ1v) is 9.75. The highest BCUT2D eigenvalue weighted by Gasteiger charge is 2.14. The van der Waals surface area contributed by atoms with Gasteiger partial charge in [-0.25, -0.2) is 9.78 Å². The van der Waals surface area contributed by atoms with Crippen LogP contribution < -0.4 is 10.4 Å². The van der Waals surface area contributed by atoms with Gasteiger partial charge in [0.15, 0.2) is 0 Å². The van der Waals surface area contributed by atoms with Gasteiger partial charge in [-0.15, -0.1) is 0 Å². The maximum Gasteiger partial charge on any atom is 0.326 e. The van der Waals surface area contributed by atoms with Gasteiger partial charge in [-0.1, -0.05) is 6.07 Å². The zero-order chi connectivity index (χ0) is 18.4. The maximum absolute atomic E-state index is 11.8. The van der Waals surface area contributed by atoms with Crippen LogP contribution in [0.1, 0.15) is 5.56 Å². The van der Waals surface area contributed by atoms with Crippen molar-refractivity contribution in [3.63, 3.8) is 0 Å². The number of nitrogens with zero attached hydrogens (tertiary/aromatic N) is 2. The molecule has 0 spiro atoms. The van der Waals surface area contributed by atoms with Crippen molar-refractivity contribution < 1.29 is 8.95 Å². The third-order valence-electron chi connectivity index (χ3n) is 4.40. The van der Waals surface area contributed by atoms with E-state index in [-0.39, 0.29) is 5.69 Å². The number of ether oxygens (including phenoxy) is 1. The summed E-state index contributed by atoms with van der Waals surface area (Å²) >= 11 is 0. The van der Waals surface area contributed by atoms with E-state index in [1.165, 1.54) is 0 Å². The summed E-state index contributed by atoms with van der Waals surface area (Å²) in [6, 6.07) is 9.49. The van der Waals surface area contributed by atoms with Gasteiger partial charge in [0.2, 0.25) is 0 Å². The van der Waals surface area contributed by atoms with E-state index in [0.717, 1.165) is 33.2 Å². The molecule has 4 aromatic rings. The second-order valence-corrected chi connectivity index (χ2v) is 7.65. The maximum atomic E-state index is 11.8. The molecule has 0 aliphatic carbocycles. The normalized spacial score (nSPS) is 12.7. The average molecular weight is 370 g/mol. The molecule has 26 heavy (non-hydrogen) atoms. The van der Waals surface area contributed by atoms with Crippen LogP contribution >= 0.6 is 0 Å². The number of aromatic nitrogens is 4. The summed E-state index contributed by atoms with van der Waals surface area (Å²) in [5.74, 6) is 1.83. The molecule has 1 atom stereocenters. The highest BCUT2D eigenvalue weighted by atomic mass is 32.2. The number of imidazole rings is 2. The Morgan fingerprint density at radius 3 is 2.73 bits per heavy atom. The van der Waals surface area contributed by atoms with Gasteiger partial charge in [0.25, 0.3) is 0 Å². The van der Waals surface area contributed by atoms with E-state index in [2.05, 4.69) is 15.0 Å². The molecule has 0 aliphatic heterocycles. The minimum absolute atomic E-state index is 0.154. The number of aromatic amines is 2. The van der Waals surface area contributed by atoms with Crippen LogP contribution in [-0.2, 0) is 23.6 Å². The molecule has 0 fully saturated rings. The molecule has 0 amide bonds. The molecule has 0 aliphatic rings. The standard InChI is InChI=1S/C18H18N4O3S/c1-22-15-8-13-12(7-14(15)21-18(22)23)19-17(20-13)11-5-4-10(9-26(3)24)6-16(11)25-2/h4-8H,9H2,1-3H3,(H,19,20)(H,21,23). The molecule has 2 heterocycles. The van der Waals surface area contributed by atoms with E-state index in [1.54, 1.807) is 25.0 Å². The van der Waals surface area contributed by atoms with Crippen molar-refractivity contribution in [1.29, 1.82) is 0 Å². The van der Waals surface area contributed by atoms with Crippen molar-refractivity contribution in [2.24, 2.45) is 7.05 Å². The van der Waals surface area contributed by atoms with E-state index in [0.29, 0.717) is 17.3 Å². The van der Waals surface area contributed by atoms with Crippen LogP contribution in [0, 0.1) is 0 Å². The molecule has 134 valence electrons. The van der Waals surface area contributed by atoms with Crippen molar-refractivity contribution in [2.45, 2.75) is 5.75 Å². The molecule has 0 saturated carbocycles. The monoisotopic (exact) mass is 370 g/mol. The fraction of sp³-hybridized carbons (Fsp3) is 0.222. The smallest absolute Gasteiger partial charge is 0.326 e. The fourth-order valence-corrected chi connectivity index (χ4v) is 3.76. The van der Waals surface area contributed by atoms with E-state index in [4.69, 9.17) is 4.74 Å². The summed E-state index contributed by atoms with van der Waals surface area (Å²) < 4.78 is 18.5. The fourth-order valence-electron chi connectivity index (χ4n) is 3.12. The van der Waals surface area contributed by atoms with Gasteiger partial charge in [-0.2, -0.15) is 0 Å². The van der Waals surface area contributed by atoms with Crippen LogP contribution in [0.3, 0.4) is 0 Å². The van der Waals surface area contributed by atoms with Crippen LogP contribution in [0.15, 0.2) is 35.1 Å². The SMILES string of the molecule is COc1cc(CS(C)=O)ccc1-c1nc2cc3c(cc2[nH]1)[nH]c(=O)n3C. The number of fused-ring (bicyclic) bond motifs is 2. The van der Waals surface area contributed by atoms with Crippen LogP contribution in [-0.4, -0.2) is 37.1 Å². The van der Waals surface area contributed by atoms with Crippen molar-refractivity contribution in [3.05, 3.63) is 46.4 Å². The number of nitrogens with one attached hydrogen (secondary N) is 2. The highest BCUT2D eigenvalue weighted by molar-refractivity contribution is 7.83. The topological polar surface area (TPSA) is 92.8 Å². The predicted molar refractivity (Wildman–Crippen MR) is 103 cm³/mol. The molecular formula is C18H18N4O3S. The van der Waals surface area contributed by atoms with Gasteiger partial charge >= 0.3 is 5.69 Å². The molecule has 0 radical (unpaired) electrons. The summed E-state index contributed by atoms with van der Waals surface area (Å²) in [6.45, 7) is 0. The number of aryl methyl sites for hydroxylation is 1. The second kappa shape index (κ2) is 6.14. The molecule has 2 N–H and O–H groups in total. The predicted octanol–water partition coefficient (Wildman–Crippen LogP) is 2.30. The van der Waals surface area contributed by atoms with E-state index < -0.39 is 10.8 Å². The van der Waals surface area contributed by atoms with Crippen LogP contribution in [0.25, 0.3) is 33.5 Å². The Morgan fingerprint density at radius 2 is 2.00 bits per heavy atom. The number of methoxy groups -OCH3 is 1. The Labute approximate surface area is 151 Å². The first kappa shape index (κ1) is 16.6. The lowest BCUT2D eigenvalue weighted by Gasteiger charge is -2.08. The van der Waals surface area contributed by atoms with Gasteiger partial charge in [-0.3, -0.25) is 8.78 Å². The minimum atomic E-state index is -0.915. The zero-order valence-corrected chi connectivity index (χ0v) is 15.4. The van der Waals surface area contributed by atoms with E-state index in [9.17, 15) is 9.00 Å². The Morgan fingerprint density at radius 1 is 1.19 bits per heavy atom. The molecule has 2 aromatic heterocycles. The molecular weight excluding hydrogens is 352 g/mol. The first-order chi connectivity index (χ1) is 12.5. The van der Waals surface area contributed by atoms with Gasteiger partial charge in [0.05, 0.1) is 34.7 Å².